The van der Waals surface area contributed by atoms with E-state index in [0.717, 1.165) is 23.5 Å². The zero-order valence-corrected chi connectivity index (χ0v) is 14.6. The summed E-state index contributed by atoms with van der Waals surface area (Å²) in [5, 5.41) is 3.35. The Morgan fingerprint density at radius 2 is 1.81 bits per heavy atom. The number of hydrogen-bond donors (Lipinski definition) is 1. The van der Waals surface area contributed by atoms with Gasteiger partial charge in [0.15, 0.2) is 0 Å². The van der Waals surface area contributed by atoms with Gasteiger partial charge in [-0.1, -0.05) is 36.4 Å². The number of ether oxygens (including phenoxy) is 1. The van der Waals surface area contributed by atoms with Crippen molar-refractivity contribution in [3.8, 4) is 0 Å². The smallest absolute Gasteiger partial charge is 0.410 e. The minimum absolute atomic E-state index is 0.167. The van der Waals surface area contributed by atoms with Crippen LogP contribution in [0.25, 0.3) is 0 Å². The number of carbonyl (C=O) groups excluding carboxylic acids is 2. The summed E-state index contributed by atoms with van der Waals surface area (Å²) in [7, 11) is 0. The van der Waals surface area contributed by atoms with Gasteiger partial charge < -0.3 is 15.0 Å². The van der Waals surface area contributed by atoms with E-state index < -0.39 is 0 Å². The lowest BCUT2D eigenvalue weighted by Crippen LogP contribution is -2.27. The number of benzene rings is 2. The van der Waals surface area contributed by atoms with E-state index in [2.05, 4.69) is 29.6 Å². The highest BCUT2D eigenvalue weighted by molar-refractivity contribution is 5.74. The molecule has 26 heavy (non-hydrogen) atoms. The first-order valence-electron chi connectivity index (χ1n) is 9.05. The Morgan fingerprint density at radius 1 is 1.08 bits per heavy atom. The summed E-state index contributed by atoms with van der Waals surface area (Å²) >= 11 is 0. The third-order valence-electron chi connectivity index (χ3n) is 4.93. The van der Waals surface area contributed by atoms with Gasteiger partial charge in [-0.05, 0) is 42.0 Å². The zero-order valence-electron chi connectivity index (χ0n) is 14.6. The molecule has 5 nitrogen and oxygen atoms in total. The maximum Gasteiger partial charge on any atom is 0.410 e. The van der Waals surface area contributed by atoms with Crippen molar-refractivity contribution in [2.24, 2.45) is 0 Å². The number of carbonyl (C=O) groups is 2. The van der Waals surface area contributed by atoms with Crippen molar-refractivity contribution in [1.29, 1.82) is 0 Å². The molecule has 1 aliphatic heterocycles. The minimum atomic E-state index is -0.291. The molecule has 1 heterocycles. The minimum Gasteiger partial charge on any atom is -0.442 e. The first kappa shape index (κ1) is 16.6. The topological polar surface area (TPSA) is 58.6 Å². The monoisotopic (exact) mass is 350 g/mol. The van der Waals surface area contributed by atoms with Crippen LogP contribution in [-0.2, 0) is 11.3 Å². The van der Waals surface area contributed by atoms with Crippen molar-refractivity contribution in [2.45, 2.75) is 31.4 Å². The molecule has 2 aromatic rings. The number of hydrogen-bond acceptors (Lipinski definition) is 4. The Balaban J connectivity index is 1.28. The van der Waals surface area contributed by atoms with E-state index in [9.17, 15) is 9.59 Å². The Hall–Kier alpha value is -2.82. The number of nitrogens with zero attached hydrogens (tertiary/aromatic N) is 1. The fourth-order valence-electron chi connectivity index (χ4n) is 3.25. The summed E-state index contributed by atoms with van der Waals surface area (Å²) in [4.78, 5) is 24.5. The summed E-state index contributed by atoms with van der Waals surface area (Å²) in [6.45, 7) is 1.64. The molecular weight excluding hydrogens is 328 g/mol. The first-order chi connectivity index (χ1) is 12.7. The van der Waals surface area contributed by atoms with Crippen molar-refractivity contribution < 1.29 is 14.3 Å². The molecule has 5 heteroatoms. The Bertz CT molecular complexity index is 782. The molecular formula is C21H22N2O3. The van der Waals surface area contributed by atoms with Gasteiger partial charge >= 0.3 is 6.09 Å². The SMILES string of the molecule is O=Cc1ccc(CN2CC(CNc3ccc(C4CC4)cc3)OC2=O)cc1. The maximum absolute atomic E-state index is 12.1. The molecule has 1 saturated carbocycles. The van der Waals surface area contributed by atoms with Gasteiger partial charge in [0.1, 0.15) is 12.4 Å². The van der Waals surface area contributed by atoms with E-state index in [4.69, 9.17) is 4.74 Å². The molecule has 2 fully saturated rings. The van der Waals surface area contributed by atoms with E-state index in [1.165, 1.54) is 18.4 Å². The molecule has 1 amide bonds. The number of anilines is 1. The molecule has 0 radical (unpaired) electrons. The summed E-state index contributed by atoms with van der Waals surface area (Å²) in [6.07, 6.45) is 2.96. The van der Waals surface area contributed by atoms with Crippen molar-refractivity contribution in [2.75, 3.05) is 18.4 Å². The summed E-state index contributed by atoms with van der Waals surface area (Å²) in [5.41, 5.74) is 4.08. The number of aldehydes is 1. The van der Waals surface area contributed by atoms with Crippen LogP contribution >= 0.6 is 0 Å². The third-order valence-corrected chi connectivity index (χ3v) is 4.93. The fourth-order valence-corrected chi connectivity index (χ4v) is 3.25. The van der Waals surface area contributed by atoms with E-state index in [1.54, 1.807) is 17.0 Å². The molecule has 0 aromatic heterocycles. The van der Waals surface area contributed by atoms with Gasteiger partial charge in [-0.2, -0.15) is 0 Å². The van der Waals surface area contributed by atoms with E-state index in [1.807, 2.05) is 12.1 Å². The van der Waals surface area contributed by atoms with Crippen LogP contribution in [0.2, 0.25) is 0 Å². The van der Waals surface area contributed by atoms with E-state index >= 15 is 0 Å². The highest BCUT2D eigenvalue weighted by atomic mass is 16.6. The van der Waals surface area contributed by atoms with Crippen LogP contribution in [-0.4, -0.2) is 36.5 Å². The molecule has 0 bridgehead atoms. The first-order valence-corrected chi connectivity index (χ1v) is 9.05. The predicted molar refractivity (Wildman–Crippen MR) is 99.4 cm³/mol. The molecule has 2 aromatic carbocycles. The number of cyclic esters (lactones) is 1. The van der Waals surface area contributed by atoms with Gasteiger partial charge in [0, 0.05) is 17.8 Å². The largest absolute Gasteiger partial charge is 0.442 e. The van der Waals surface area contributed by atoms with Gasteiger partial charge in [0.2, 0.25) is 0 Å². The van der Waals surface area contributed by atoms with Crippen LogP contribution in [0.1, 0.15) is 40.2 Å². The van der Waals surface area contributed by atoms with Crippen LogP contribution in [0.5, 0.6) is 0 Å². The van der Waals surface area contributed by atoms with E-state index in [0.29, 0.717) is 25.2 Å². The van der Waals surface area contributed by atoms with Crippen molar-refractivity contribution in [1.82, 2.24) is 4.90 Å². The van der Waals surface area contributed by atoms with Crippen molar-refractivity contribution in [3.05, 3.63) is 65.2 Å². The highest BCUT2D eigenvalue weighted by Crippen LogP contribution is 2.40. The van der Waals surface area contributed by atoms with Crippen LogP contribution in [0, 0.1) is 0 Å². The lowest BCUT2D eigenvalue weighted by atomic mass is 10.1. The Labute approximate surface area is 153 Å². The van der Waals surface area contributed by atoms with Gasteiger partial charge in [-0.3, -0.25) is 4.79 Å². The molecule has 1 saturated heterocycles. The van der Waals surface area contributed by atoms with Crippen LogP contribution in [0.4, 0.5) is 10.5 Å². The highest BCUT2D eigenvalue weighted by Gasteiger charge is 2.31. The Morgan fingerprint density at radius 3 is 2.46 bits per heavy atom. The summed E-state index contributed by atoms with van der Waals surface area (Å²) < 4.78 is 5.45. The third kappa shape index (κ3) is 3.87. The normalized spacial score (nSPS) is 19.3. The molecule has 0 spiro atoms. The molecule has 1 unspecified atom stereocenters. The second-order valence-electron chi connectivity index (χ2n) is 7.02. The number of amides is 1. The number of rotatable bonds is 7. The van der Waals surface area contributed by atoms with Crippen molar-refractivity contribution >= 4 is 18.1 Å². The average molecular weight is 350 g/mol. The molecule has 4 rings (SSSR count). The molecule has 134 valence electrons. The van der Waals surface area contributed by atoms with Crippen LogP contribution < -0.4 is 5.32 Å². The lowest BCUT2D eigenvalue weighted by Gasteiger charge is -2.13. The van der Waals surface area contributed by atoms with Crippen LogP contribution in [0.15, 0.2) is 48.5 Å². The Kier molecular flexibility index (Phi) is 4.61. The van der Waals surface area contributed by atoms with Gasteiger partial charge in [-0.25, -0.2) is 4.79 Å². The number of nitrogens with one attached hydrogen (secondary N) is 1. The van der Waals surface area contributed by atoms with Gasteiger partial charge in [0.05, 0.1) is 13.1 Å². The zero-order chi connectivity index (χ0) is 17.9. The average Bonchev–Trinajstić information content (AvgIpc) is 3.46. The molecule has 1 N–H and O–H groups in total. The second kappa shape index (κ2) is 7.20. The molecule has 1 aliphatic carbocycles. The second-order valence-corrected chi connectivity index (χ2v) is 7.02. The molecule has 2 aliphatic rings. The van der Waals surface area contributed by atoms with Crippen molar-refractivity contribution in [3.63, 3.8) is 0 Å². The molecule has 1 atom stereocenters. The maximum atomic E-state index is 12.1. The van der Waals surface area contributed by atoms with Gasteiger partial charge in [-0.15, -0.1) is 0 Å². The van der Waals surface area contributed by atoms with E-state index in [-0.39, 0.29) is 12.2 Å². The van der Waals surface area contributed by atoms with Crippen LogP contribution in [0.3, 0.4) is 0 Å². The quantitative estimate of drug-likeness (QED) is 0.772. The predicted octanol–water partition coefficient (Wildman–Crippen LogP) is 3.81. The lowest BCUT2D eigenvalue weighted by molar-refractivity contribution is 0.112. The fraction of sp³-hybridized carbons (Fsp3) is 0.333. The standard InChI is InChI=1S/C21H22N2O3/c24-14-16-3-1-15(2-4-16)12-23-13-20(26-21(23)25)11-22-19-9-7-18(8-10-19)17-5-6-17/h1-4,7-10,14,17,20,22H,5-6,11-13H2. The summed E-state index contributed by atoms with van der Waals surface area (Å²) in [5.74, 6) is 0.758. The summed E-state index contributed by atoms with van der Waals surface area (Å²) in [6, 6.07) is 15.8. The van der Waals surface area contributed by atoms with Gasteiger partial charge in [0.25, 0.3) is 0 Å².